The minimum Gasteiger partial charge on any atom is -0.369 e. The molecule has 3 rings (SSSR count). The van der Waals surface area contributed by atoms with Gasteiger partial charge in [-0.1, -0.05) is 18.2 Å². The number of nitrogens with two attached hydrogens (primary N) is 1. The SMILES string of the molecule is N#Cc1ccccc1-n1c(N)nc2c(F)cccc21. The zero-order valence-corrected chi connectivity index (χ0v) is 9.84. The molecule has 0 bridgehead atoms. The molecule has 3 aromatic rings. The Kier molecular flexibility index (Phi) is 2.43. The van der Waals surface area contributed by atoms with Crippen LogP contribution in [0, 0.1) is 17.1 Å². The predicted molar refractivity (Wildman–Crippen MR) is 70.2 cm³/mol. The van der Waals surface area contributed by atoms with Gasteiger partial charge in [-0.2, -0.15) is 5.26 Å². The first-order valence-electron chi connectivity index (χ1n) is 5.64. The molecule has 0 unspecified atom stereocenters. The molecule has 0 aliphatic heterocycles. The van der Waals surface area contributed by atoms with Gasteiger partial charge >= 0.3 is 0 Å². The average molecular weight is 252 g/mol. The first-order chi connectivity index (χ1) is 9.22. The van der Waals surface area contributed by atoms with Crippen LogP contribution in [0.25, 0.3) is 16.7 Å². The number of imidazole rings is 1. The van der Waals surface area contributed by atoms with Crippen LogP contribution in [0.15, 0.2) is 42.5 Å². The minimum absolute atomic E-state index is 0.155. The molecule has 2 N–H and O–H groups in total. The number of para-hydroxylation sites is 2. The van der Waals surface area contributed by atoms with Gasteiger partial charge in [0, 0.05) is 0 Å². The van der Waals surface area contributed by atoms with Gasteiger partial charge in [-0.15, -0.1) is 0 Å². The van der Waals surface area contributed by atoms with Crippen LogP contribution in [0.1, 0.15) is 5.56 Å². The average Bonchev–Trinajstić information content (AvgIpc) is 2.76. The lowest BCUT2D eigenvalue weighted by molar-refractivity contribution is 0.637. The number of hydrogen-bond donors (Lipinski definition) is 1. The van der Waals surface area contributed by atoms with E-state index in [1.807, 2.05) is 0 Å². The lowest BCUT2D eigenvalue weighted by Crippen LogP contribution is -2.02. The van der Waals surface area contributed by atoms with Gasteiger partial charge in [0.25, 0.3) is 0 Å². The van der Waals surface area contributed by atoms with E-state index in [1.165, 1.54) is 6.07 Å². The summed E-state index contributed by atoms with van der Waals surface area (Å²) in [4.78, 5) is 4.02. The maximum Gasteiger partial charge on any atom is 0.206 e. The first-order valence-corrected chi connectivity index (χ1v) is 5.64. The predicted octanol–water partition coefficient (Wildman–Crippen LogP) is 2.62. The third kappa shape index (κ3) is 1.62. The second-order valence-electron chi connectivity index (χ2n) is 4.04. The van der Waals surface area contributed by atoms with Crippen molar-refractivity contribution in [1.82, 2.24) is 9.55 Å². The molecule has 0 radical (unpaired) electrons. The molecule has 19 heavy (non-hydrogen) atoms. The van der Waals surface area contributed by atoms with Crippen molar-refractivity contribution in [2.45, 2.75) is 0 Å². The maximum atomic E-state index is 13.7. The monoisotopic (exact) mass is 252 g/mol. The van der Waals surface area contributed by atoms with E-state index in [2.05, 4.69) is 11.1 Å². The van der Waals surface area contributed by atoms with Crippen molar-refractivity contribution in [2.24, 2.45) is 0 Å². The largest absolute Gasteiger partial charge is 0.369 e. The number of benzene rings is 2. The van der Waals surface area contributed by atoms with Gasteiger partial charge in [-0.25, -0.2) is 9.37 Å². The van der Waals surface area contributed by atoms with E-state index < -0.39 is 5.82 Å². The lowest BCUT2D eigenvalue weighted by atomic mass is 10.2. The third-order valence-corrected chi connectivity index (χ3v) is 2.93. The summed E-state index contributed by atoms with van der Waals surface area (Å²) in [6.07, 6.45) is 0. The molecule has 0 aliphatic carbocycles. The zero-order chi connectivity index (χ0) is 13.4. The zero-order valence-electron chi connectivity index (χ0n) is 9.84. The Hall–Kier alpha value is -2.87. The number of aromatic nitrogens is 2. The molecule has 5 heteroatoms. The molecule has 0 saturated heterocycles. The van der Waals surface area contributed by atoms with Gasteiger partial charge in [-0.3, -0.25) is 4.57 Å². The summed E-state index contributed by atoms with van der Waals surface area (Å²) in [6.45, 7) is 0. The number of anilines is 1. The summed E-state index contributed by atoms with van der Waals surface area (Å²) in [5.74, 6) is -0.278. The summed E-state index contributed by atoms with van der Waals surface area (Å²) in [5.41, 5.74) is 7.65. The number of fused-ring (bicyclic) bond motifs is 1. The smallest absolute Gasteiger partial charge is 0.206 e. The molecule has 92 valence electrons. The Morgan fingerprint density at radius 3 is 2.74 bits per heavy atom. The van der Waals surface area contributed by atoms with E-state index in [9.17, 15) is 4.39 Å². The fourth-order valence-electron chi connectivity index (χ4n) is 2.10. The number of nitrogens with zero attached hydrogens (tertiary/aromatic N) is 3. The van der Waals surface area contributed by atoms with Crippen LogP contribution in [0.5, 0.6) is 0 Å². The second-order valence-corrected chi connectivity index (χ2v) is 4.04. The van der Waals surface area contributed by atoms with Crippen LogP contribution in [-0.4, -0.2) is 9.55 Å². The highest BCUT2D eigenvalue weighted by molar-refractivity contribution is 5.82. The summed E-state index contributed by atoms with van der Waals surface area (Å²) in [6, 6.07) is 13.7. The molecule has 0 aliphatic rings. The third-order valence-electron chi connectivity index (χ3n) is 2.93. The highest BCUT2D eigenvalue weighted by atomic mass is 19.1. The molecule has 1 aromatic heterocycles. The van der Waals surface area contributed by atoms with Crippen molar-refractivity contribution in [3.8, 4) is 11.8 Å². The molecule has 0 spiro atoms. The van der Waals surface area contributed by atoms with Crippen LogP contribution in [0.2, 0.25) is 0 Å². The van der Waals surface area contributed by atoms with Gasteiger partial charge in [0.15, 0.2) is 5.82 Å². The van der Waals surface area contributed by atoms with Gasteiger partial charge in [0.05, 0.1) is 16.8 Å². The summed E-state index contributed by atoms with van der Waals surface area (Å²) in [7, 11) is 0. The van der Waals surface area contributed by atoms with Crippen LogP contribution in [-0.2, 0) is 0 Å². The van der Waals surface area contributed by atoms with E-state index in [4.69, 9.17) is 11.0 Å². The summed E-state index contributed by atoms with van der Waals surface area (Å²) >= 11 is 0. The second kappa shape index (κ2) is 4.10. The Morgan fingerprint density at radius 2 is 1.95 bits per heavy atom. The quantitative estimate of drug-likeness (QED) is 0.723. The van der Waals surface area contributed by atoms with Crippen molar-refractivity contribution in [1.29, 1.82) is 5.26 Å². The normalized spacial score (nSPS) is 10.5. The van der Waals surface area contributed by atoms with Crippen LogP contribution in [0.3, 0.4) is 0 Å². The van der Waals surface area contributed by atoms with E-state index in [1.54, 1.807) is 41.0 Å². The summed E-state index contributed by atoms with van der Waals surface area (Å²) in [5, 5.41) is 9.14. The number of hydrogen-bond acceptors (Lipinski definition) is 3. The fourth-order valence-corrected chi connectivity index (χ4v) is 2.10. The summed E-state index contributed by atoms with van der Waals surface area (Å²) < 4.78 is 15.3. The Bertz CT molecular complexity index is 814. The molecular weight excluding hydrogens is 243 g/mol. The number of nitriles is 1. The van der Waals surface area contributed by atoms with Crippen molar-refractivity contribution >= 4 is 17.0 Å². The van der Waals surface area contributed by atoms with Crippen LogP contribution < -0.4 is 5.73 Å². The van der Waals surface area contributed by atoms with E-state index in [0.29, 0.717) is 16.8 Å². The van der Waals surface area contributed by atoms with Crippen molar-refractivity contribution < 1.29 is 4.39 Å². The van der Waals surface area contributed by atoms with E-state index in [0.717, 1.165) is 0 Å². The van der Waals surface area contributed by atoms with Crippen LogP contribution >= 0.6 is 0 Å². The van der Waals surface area contributed by atoms with Gasteiger partial charge in [0.2, 0.25) is 5.95 Å². The highest BCUT2D eigenvalue weighted by Gasteiger charge is 2.14. The van der Waals surface area contributed by atoms with Gasteiger partial charge < -0.3 is 5.73 Å². The fraction of sp³-hybridized carbons (Fsp3) is 0. The van der Waals surface area contributed by atoms with Crippen molar-refractivity contribution in [2.75, 3.05) is 5.73 Å². The number of nitrogen functional groups attached to an aromatic ring is 1. The molecule has 4 nitrogen and oxygen atoms in total. The van der Waals surface area contributed by atoms with Gasteiger partial charge in [-0.05, 0) is 24.3 Å². The Morgan fingerprint density at radius 1 is 1.16 bits per heavy atom. The Balaban J connectivity index is 2.41. The molecule has 0 fully saturated rings. The highest BCUT2D eigenvalue weighted by Crippen LogP contribution is 2.26. The molecule has 2 aromatic carbocycles. The van der Waals surface area contributed by atoms with Crippen molar-refractivity contribution in [3.63, 3.8) is 0 Å². The number of rotatable bonds is 1. The van der Waals surface area contributed by atoms with E-state index in [-0.39, 0.29) is 11.5 Å². The minimum atomic E-state index is -0.433. The Labute approximate surface area is 108 Å². The first kappa shape index (κ1) is 11.2. The molecule has 0 saturated carbocycles. The van der Waals surface area contributed by atoms with Crippen molar-refractivity contribution in [3.05, 3.63) is 53.8 Å². The molecule has 1 heterocycles. The van der Waals surface area contributed by atoms with Crippen LogP contribution in [0.4, 0.5) is 10.3 Å². The maximum absolute atomic E-state index is 13.7. The number of halogens is 1. The van der Waals surface area contributed by atoms with E-state index >= 15 is 0 Å². The standard InChI is InChI=1S/C14H9FN4/c15-10-5-3-7-12-13(10)18-14(17)19(12)11-6-2-1-4-9(11)8-16/h1-7H,(H2,17,18). The van der Waals surface area contributed by atoms with Gasteiger partial charge in [0.1, 0.15) is 11.6 Å². The lowest BCUT2D eigenvalue weighted by Gasteiger charge is -2.07. The molecular formula is C14H9FN4. The molecule has 0 atom stereocenters. The molecule has 0 amide bonds. The topological polar surface area (TPSA) is 67.6 Å².